The highest BCUT2D eigenvalue weighted by molar-refractivity contribution is 7.19. The number of carbonyl (C=O) groups is 2. The van der Waals surface area contributed by atoms with Crippen molar-refractivity contribution in [3.05, 3.63) is 53.3 Å². The summed E-state index contributed by atoms with van der Waals surface area (Å²) in [6, 6.07) is 13.2. The smallest absolute Gasteiger partial charge is 0.410 e. The topological polar surface area (TPSA) is 121 Å². The number of aromatic nitrogens is 2. The monoisotopic (exact) mass is 574 g/mol. The number of anilines is 1. The molecule has 41 heavy (non-hydrogen) atoms. The van der Waals surface area contributed by atoms with E-state index in [1.165, 1.54) is 11.3 Å². The molecule has 0 radical (unpaired) electrons. The van der Waals surface area contributed by atoms with E-state index in [0.29, 0.717) is 55.6 Å². The van der Waals surface area contributed by atoms with Crippen LogP contribution >= 0.6 is 11.3 Å². The molecule has 3 amide bonds. The number of carbonyl (C=O) groups excluding carboxylic acids is 2. The Kier molecular flexibility index (Phi) is 7.72. The van der Waals surface area contributed by atoms with Crippen LogP contribution in [0.4, 0.5) is 14.7 Å². The Labute approximate surface area is 243 Å². The number of thiazole rings is 1. The molecule has 1 spiro atoms. The average molecular weight is 575 g/mol. The molecular formula is C30H34N6O4S. The molecule has 0 bridgehead atoms. The van der Waals surface area contributed by atoms with Gasteiger partial charge >= 0.3 is 12.1 Å². The van der Waals surface area contributed by atoms with Crippen molar-refractivity contribution < 1.29 is 19.1 Å². The van der Waals surface area contributed by atoms with E-state index in [4.69, 9.17) is 14.5 Å². The van der Waals surface area contributed by atoms with Crippen molar-refractivity contribution in [3.63, 3.8) is 0 Å². The molecule has 2 fully saturated rings. The number of amides is 3. The number of ether oxygens (including phenoxy) is 2. The Morgan fingerprint density at radius 2 is 1.80 bits per heavy atom. The van der Waals surface area contributed by atoms with Gasteiger partial charge in [-0.25, -0.2) is 14.6 Å². The van der Waals surface area contributed by atoms with E-state index in [9.17, 15) is 14.9 Å². The molecule has 1 N–H and O–H groups in total. The van der Waals surface area contributed by atoms with Crippen molar-refractivity contribution >= 4 is 28.6 Å². The molecule has 5 rings (SSSR count). The number of nitrogens with one attached hydrogen (secondary N) is 1. The minimum Gasteiger partial charge on any atom is -0.444 e. The van der Waals surface area contributed by atoms with Gasteiger partial charge in [0, 0.05) is 30.0 Å². The Morgan fingerprint density at radius 3 is 2.51 bits per heavy atom. The number of nitrogens with zero attached hydrogens (tertiary/aromatic N) is 5. The fourth-order valence-corrected chi connectivity index (χ4v) is 6.19. The maximum absolute atomic E-state index is 13.4. The predicted octanol–water partition coefficient (Wildman–Crippen LogP) is 5.60. The summed E-state index contributed by atoms with van der Waals surface area (Å²) in [4.78, 5) is 39.7. The number of rotatable bonds is 3. The third-order valence-electron chi connectivity index (χ3n) is 6.95. The quantitative estimate of drug-likeness (QED) is 0.432. The van der Waals surface area contributed by atoms with Crippen LogP contribution in [-0.2, 0) is 9.47 Å². The summed E-state index contributed by atoms with van der Waals surface area (Å²) in [5.41, 5.74) is 3.51. The summed E-state index contributed by atoms with van der Waals surface area (Å²) in [5, 5.41) is 12.9. The molecule has 214 valence electrons. The zero-order valence-electron chi connectivity index (χ0n) is 24.0. The van der Waals surface area contributed by atoms with Gasteiger partial charge in [0.05, 0.1) is 41.9 Å². The predicted molar refractivity (Wildman–Crippen MR) is 157 cm³/mol. The number of pyridine rings is 1. The first kappa shape index (κ1) is 28.5. The van der Waals surface area contributed by atoms with Crippen LogP contribution in [0.1, 0.15) is 44.1 Å². The van der Waals surface area contributed by atoms with Gasteiger partial charge in [-0.05, 0) is 70.9 Å². The summed E-state index contributed by atoms with van der Waals surface area (Å²) >= 11 is 1.38. The molecule has 10 nitrogen and oxygen atoms in total. The first-order valence-corrected chi connectivity index (χ1v) is 14.4. The van der Waals surface area contributed by atoms with Gasteiger partial charge in [0.2, 0.25) is 0 Å². The molecule has 4 heterocycles. The van der Waals surface area contributed by atoms with E-state index in [1.54, 1.807) is 21.9 Å². The molecule has 2 aliphatic rings. The highest BCUT2D eigenvalue weighted by Crippen LogP contribution is 2.40. The molecule has 2 saturated heterocycles. The summed E-state index contributed by atoms with van der Waals surface area (Å²) in [6.45, 7) is 11.5. The van der Waals surface area contributed by atoms with Crippen molar-refractivity contribution in [1.29, 1.82) is 5.26 Å². The fourth-order valence-electron chi connectivity index (χ4n) is 5.23. The lowest BCUT2D eigenvalue weighted by molar-refractivity contribution is -0.0997. The van der Waals surface area contributed by atoms with E-state index < -0.39 is 11.2 Å². The number of nitriles is 1. The van der Waals surface area contributed by atoms with Gasteiger partial charge in [0.1, 0.15) is 11.2 Å². The zero-order chi connectivity index (χ0) is 29.4. The van der Waals surface area contributed by atoms with Crippen molar-refractivity contribution in [2.45, 2.75) is 52.2 Å². The number of morpholine rings is 1. The first-order valence-electron chi connectivity index (χ1n) is 13.6. The van der Waals surface area contributed by atoms with Crippen molar-refractivity contribution in [3.8, 4) is 27.8 Å². The van der Waals surface area contributed by atoms with Crippen LogP contribution in [0.25, 0.3) is 21.7 Å². The average Bonchev–Trinajstić information content (AvgIpc) is 3.52. The second kappa shape index (κ2) is 11.1. The van der Waals surface area contributed by atoms with Gasteiger partial charge in [-0.3, -0.25) is 10.3 Å². The van der Waals surface area contributed by atoms with E-state index in [-0.39, 0.29) is 12.1 Å². The van der Waals surface area contributed by atoms with E-state index in [2.05, 4.69) is 16.4 Å². The highest BCUT2D eigenvalue weighted by atomic mass is 32.1. The number of aryl methyl sites for hydroxylation is 2. The third kappa shape index (κ3) is 6.50. The highest BCUT2D eigenvalue weighted by Gasteiger charge is 2.46. The van der Waals surface area contributed by atoms with Gasteiger partial charge in [-0.15, -0.1) is 0 Å². The summed E-state index contributed by atoms with van der Waals surface area (Å²) in [5.74, 6) is 0. The molecule has 0 aliphatic carbocycles. The Balaban J connectivity index is 1.36. The molecule has 2 aliphatic heterocycles. The lowest BCUT2D eigenvalue weighted by Crippen LogP contribution is -2.56. The first-order chi connectivity index (χ1) is 19.4. The van der Waals surface area contributed by atoms with Crippen LogP contribution < -0.4 is 5.32 Å². The molecule has 3 aromatic rings. The van der Waals surface area contributed by atoms with Crippen LogP contribution in [0, 0.1) is 25.2 Å². The van der Waals surface area contributed by atoms with Gasteiger partial charge in [0.25, 0.3) is 0 Å². The summed E-state index contributed by atoms with van der Waals surface area (Å²) in [7, 11) is 0. The minimum absolute atomic E-state index is 0.278. The molecule has 0 saturated carbocycles. The number of urea groups is 1. The van der Waals surface area contributed by atoms with E-state index >= 15 is 0 Å². The van der Waals surface area contributed by atoms with Crippen LogP contribution in [0.3, 0.4) is 0 Å². The fraction of sp³-hybridized carbons (Fsp3) is 0.433. The van der Waals surface area contributed by atoms with Crippen LogP contribution in [0.15, 0.2) is 36.4 Å². The Bertz CT molecular complexity index is 1500. The normalized spacial score (nSPS) is 18.8. The third-order valence-corrected chi connectivity index (χ3v) is 7.97. The molecular weight excluding hydrogens is 540 g/mol. The second-order valence-corrected chi connectivity index (χ2v) is 12.6. The van der Waals surface area contributed by atoms with E-state index in [0.717, 1.165) is 27.4 Å². The Morgan fingerprint density at radius 1 is 1.07 bits per heavy atom. The van der Waals surface area contributed by atoms with Crippen LogP contribution in [0.5, 0.6) is 0 Å². The van der Waals surface area contributed by atoms with Gasteiger partial charge < -0.3 is 19.3 Å². The number of hydrogen-bond acceptors (Lipinski definition) is 8. The van der Waals surface area contributed by atoms with Gasteiger partial charge in [-0.1, -0.05) is 23.5 Å². The Hall–Kier alpha value is -4.01. The lowest BCUT2D eigenvalue weighted by Gasteiger charge is -2.40. The molecule has 1 aromatic carbocycles. The molecule has 1 unspecified atom stereocenters. The van der Waals surface area contributed by atoms with Crippen molar-refractivity contribution in [1.82, 2.24) is 19.8 Å². The molecule has 11 heteroatoms. The number of hydrogen-bond donors (Lipinski definition) is 1. The van der Waals surface area contributed by atoms with Crippen LogP contribution in [0.2, 0.25) is 0 Å². The van der Waals surface area contributed by atoms with Gasteiger partial charge in [-0.2, -0.15) is 5.26 Å². The standard InChI is InChI=1S/C30H34N6O4S/c1-19-13-23(14-20(2)32-19)25-24(22-8-6-7-21(15-22)16-31)33-26(41-25)34-27(37)35-10-9-30(17-35)18-36(11-12-39-30)28(38)40-29(3,4)5/h6-8,13-15H,9-12,17-18H2,1-5H3,(H,33,34,37). The van der Waals surface area contributed by atoms with Crippen molar-refractivity contribution in [2.24, 2.45) is 0 Å². The molecule has 1 atom stereocenters. The summed E-state index contributed by atoms with van der Waals surface area (Å²) < 4.78 is 11.7. The maximum atomic E-state index is 13.4. The SMILES string of the molecule is Cc1cc(-c2sc(NC(=O)N3CCC4(C3)CN(C(=O)OC(C)(C)C)CCO4)nc2-c2cccc(C#N)c2)cc(C)n1. The second-order valence-electron chi connectivity index (χ2n) is 11.6. The van der Waals surface area contributed by atoms with Gasteiger partial charge in [0.15, 0.2) is 5.13 Å². The van der Waals surface area contributed by atoms with Crippen LogP contribution in [-0.4, -0.2) is 75.9 Å². The number of benzene rings is 1. The zero-order valence-corrected chi connectivity index (χ0v) is 24.8. The molecule has 2 aromatic heterocycles. The largest absolute Gasteiger partial charge is 0.444 e. The lowest BCUT2D eigenvalue weighted by atomic mass is 10.0. The minimum atomic E-state index is -0.629. The maximum Gasteiger partial charge on any atom is 0.410 e. The van der Waals surface area contributed by atoms with E-state index in [1.807, 2.05) is 58.9 Å². The number of likely N-dealkylation sites (tertiary alicyclic amines) is 1. The summed E-state index contributed by atoms with van der Waals surface area (Å²) in [6.07, 6.45) is 0.248. The van der Waals surface area contributed by atoms with Crippen molar-refractivity contribution in [2.75, 3.05) is 38.1 Å².